The first kappa shape index (κ1) is 25.4. The van der Waals surface area contributed by atoms with Crippen molar-refractivity contribution in [3.8, 4) is 17.0 Å². The van der Waals surface area contributed by atoms with Gasteiger partial charge >= 0.3 is 5.97 Å². The average molecular weight is 520 g/mol. The number of carbonyl (C=O) groups excluding carboxylic acids is 2. The Morgan fingerprint density at radius 2 is 1.84 bits per heavy atom. The number of esters is 1. The van der Waals surface area contributed by atoms with E-state index in [0.717, 1.165) is 46.3 Å². The molecule has 0 saturated heterocycles. The molecule has 1 saturated carbocycles. The Morgan fingerprint density at radius 3 is 2.54 bits per heavy atom. The predicted octanol–water partition coefficient (Wildman–Crippen LogP) is 5.79. The molecule has 37 heavy (non-hydrogen) atoms. The van der Waals surface area contributed by atoms with Crippen LogP contribution in [0, 0.1) is 0 Å². The van der Waals surface area contributed by atoms with Gasteiger partial charge in [0.25, 0.3) is 5.91 Å². The fourth-order valence-electron chi connectivity index (χ4n) is 5.63. The van der Waals surface area contributed by atoms with Crippen molar-refractivity contribution in [2.24, 2.45) is 0 Å². The summed E-state index contributed by atoms with van der Waals surface area (Å²) in [5.74, 6) is 0.642. The lowest BCUT2D eigenvalue weighted by Gasteiger charge is -2.24. The van der Waals surface area contributed by atoms with E-state index < -0.39 is 0 Å². The molecule has 0 spiro atoms. The van der Waals surface area contributed by atoms with E-state index in [1.54, 1.807) is 7.11 Å². The highest BCUT2D eigenvalue weighted by Gasteiger charge is 2.30. The monoisotopic (exact) mass is 519 g/mol. The van der Waals surface area contributed by atoms with Gasteiger partial charge in [-0.1, -0.05) is 25.3 Å². The van der Waals surface area contributed by atoms with Crippen molar-refractivity contribution in [2.45, 2.75) is 44.6 Å². The highest BCUT2D eigenvalue weighted by atomic mass is 32.2. The molecule has 3 aromatic rings. The Balaban J connectivity index is 1.76. The summed E-state index contributed by atoms with van der Waals surface area (Å²) in [6.45, 7) is 0.361. The van der Waals surface area contributed by atoms with Gasteiger partial charge in [-0.25, -0.2) is 9.10 Å². The number of fused-ring (bicyclic) bond motifs is 5. The van der Waals surface area contributed by atoms with Crippen LogP contribution in [0.2, 0.25) is 0 Å². The maximum Gasteiger partial charge on any atom is 0.335 e. The van der Waals surface area contributed by atoms with Gasteiger partial charge in [-0.15, -0.1) is 0 Å². The van der Waals surface area contributed by atoms with Crippen LogP contribution in [0.4, 0.5) is 0 Å². The van der Waals surface area contributed by atoms with Gasteiger partial charge in [0, 0.05) is 34.2 Å². The summed E-state index contributed by atoms with van der Waals surface area (Å²) >= 11 is 1.25. The SMILES string of the molecule is COC(=O)C1=Cc2cc(OC)ccc2-c2c(C3CCCCC3)c3ccc(C(=O)NSN(C)C)cc3n2C1. The maximum absolute atomic E-state index is 13.0. The summed E-state index contributed by atoms with van der Waals surface area (Å²) in [5, 5.41) is 1.14. The Hall–Kier alpha value is -3.23. The normalized spacial score (nSPS) is 15.5. The van der Waals surface area contributed by atoms with Gasteiger partial charge in [0.05, 0.1) is 32.0 Å². The number of hydrogen-bond acceptors (Lipinski definition) is 6. The molecule has 1 fully saturated rings. The second-order valence-electron chi connectivity index (χ2n) is 9.86. The zero-order valence-electron chi connectivity index (χ0n) is 21.8. The number of amides is 1. The van der Waals surface area contributed by atoms with Crippen LogP contribution in [0.1, 0.15) is 59.5 Å². The molecule has 1 aromatic heterocycles. The van der Waals surface area contributed by atoms with Crippen LogP contribution in [0.3, 0.4) is 0 Å². The van der Waals surface area contributed by atoms with Crippen molar-refractivity contribution < 1.29 is 19.1 Å². The molecular weight excluding hydrogens is 486 g/mol. The Morgan fingerprint density at radius 1 is 1.05 bits per heavy atom. The van der Waals surface area contributed by atoms with Crippen molar-refractivity contribution in [3.05, 3.63) is 58.7 Å². The standard InChI is InChI=1S/C29H33N3O4S/c1-31(2)37-30-28(33)19-10-12-24-25(16-19)32-17-21(29(34)36-4)14-20-15-22(35-3)11-13-23(20)27(32)26(24)18-8-6-5-7-9-18/h10-16,18H,5-9,17H2,1-4H3,(H,30,33). The maximum atomic E-state index is 13.0. The fraction of sp³-hybridized carbons (Fsp3) is 0.379. The quantitative estimate of drug-likeness (QED) is 0.328. The first-order valence-electron chi connectivity index (χ1n) is 12.7. The summed E-state index contributed by atoms with van der Waals surface area (Å²) in [4.78, 5) is 25.8. The topological polar surface area (TPSA) is 72.8 Å². The number of nitrogens with one attached hydrogen (secondary N) is 1. The zero-order chi connectivity index (χ0) is 26.1. The second kappa shape index (κ2) is 10.6. The minimum Gasteiger partial charge on any atom is -0.497 e. The average Bonchev–Trinajstić information content (AvgIpc) is 3.13. The largest absolute Gasteiger partial charge is 0.497 e. The highest BCUT2D eigenvalue weighted by molar-refractivity contribution is 7.95. The molecule has 2 aromatic carbocycles. The van der Waals surface area contributed by atoms with Crippen LogP contribution in [0.25, 0.3) is 28.2 Å². The van der Waals surface area contributed by atoms with Crippen molar-refractivity contribution in [1.82, 2.24) is 13.6 Å². The third-order valence-electron chi connectivity index (χ3n) is 7.32. The molecule has 0 unspecified atom stereocenters. The van der Waals surface area contributed by atoms with Crippen LogP contribution in [0.5, 0.6) is 5.75 Å². The van der Waals surface area contributed by atoms with E-state index in [4.69, 9.17) is 9.47 Å². The van der Waals surface area contributed by atoms with Gasteiger partial charge in [0.1, 0.15) is 5.75 Å². The van der Waals surface area contributed by atoms with Gasteiger partial charge < -0.3 is 14.0 Å². The number of rotatable bonds is 6. The first-order valence-corrected chi connectivity index (χ1v) is 13.5. The first-order chi connectivity index (χ1) is 17.9. The lowest BCUT2D eigenvalue weighted by Crippen LogP contribution is -2.20. The number of ether oxygens (including phenoxy) is 2. The molecule has 0 atom stereocenters. The van der Waals surface area contributed by atoms with Crippen LogP contribution in [-0.4, -0.2) is 49.1 Å². The van der Waals surface area contributed by atoms with E-state index in [9.17, 15) is 9.59 Å². The van der Waals surface area contributed by atoms with E-state index in [1.165, 1.54) is 44.1 Å². The minimum atomic E-state index is -0.362. The molecule has 0 bridgehead atoms. The van der Waals surface area contributed by atoms with E-state index in [0.29, 0.717) is 23.6 Å². The molecule has 1 amide bonds. The molecule has 1 aliphatic heterocycles. The van der Waals surface area contributed by atoms with Crippen LogP contribution < -0.4 is 9.46 Å². The van der Waals surface area contributed by atoms with Gasteiger partial charge in [-0.2, -0.15) is 0 Å². The van der Waals surface area contributed by atoms with Gasteiger partial charge in [-0.3, -0.25) is 9.52 Å². The van der Waals surface area contributed by atoms with Gasteiger partial charge in [-0.05, 0) is 80.4 Å². The number of methoxy groups -OCH3 is 2. The van der Waals surface area contributed by atoms with Gasteiger partial charge in [0.15, 0.2) is 0 Å². The van der Waals surface area contributed by atoms with Crippen molar-refractivity contribution in [3.63, 3.8) is 0 Å². The number of aromatic nitrogens is 1. The summed E-state index contributed by atoms with van der Waals surface area (Å²) in [7, 11) is 6.82. The second-order valence-corrected chi connectivity index (χ2v) is 11.0. The Kier molecular flexibility index (Phi) is 7.31. The smallest absolute Gasteiger partial charge is 0.335 e. The molecule has 194 valence electrons. The van der Waals surface area contributed by atoms with Crippen molar-refractivity contribution in [1.29, 1.82) is 0 Å². The van der Waals surface area contributed by atoms with Crippen molar-refractivity contribution in [2.75, 3.05) is 28.3 Å². The molecule has 2 aliphatic rings. The van der Waals surface area contributed by atoms with Crippen LogP contribution >= 0.6 is 12.1 Å². The fourth-order valence-corrected chi connectivity index (χ4v) is 6.01. The van der Waals surface area contributed by atoms with E-state index in [-0.39, 0.29) is 11.9 Å². The third-order valence-corrected chi connectivity index (χ3v) is 7.96. The number of carbonyl (C=O) groups is 2. The molecule has 8 heteroatoms. The summed E-state index contributed by atoms with van der Waals surface area (Å²) < 4.78 is 17.6. The number of hydrogen-bond donors (Lipinski definition) is 1. The number of nitrogens with zero attached hydrogens (tertiary/aromatic N) is 2. The third kappa shape index (κ3) is 4.88. The highest BCUT2D eigenvalue weighted by Crippen LogP contribution is 2.47. The Labute approximate surface area is 222 Å². The van der Waals surface area contributed by atoms with E-state index in [1.807, 2.05) is 48.7 Å². The minimum absolute atomic E-state index is 0.155. The van der Waals surface area contributed by atoms with Crippen LogP contribution in [-0.2, 0) is 16.1 Å². The molecule has 2 heterocycles. The predicted molar refractivity (Wildman–Crippen MR) is 148 cm³/mol. The lowest BCUT2D eigenvalue weighted by atomic mass is 9.81. The molecular formula is C29H33N3O4S. The molecule has 5 rings (SSSR count). The summed E-state index contributed by atoms with van der Waals surface area (Å²) in [5.41, 5.74) is 6.52. The number of benzene rings is 2. The summed E-state index contributed by atoms with van der Waals surface area (Å²) in [6.07, 6.45) is 7.87. The molecule has 1 aliphatic carbocycles. The van der Waals surface area contributed by atoms with E-state index in [2.05, 4.69) is 21.4 Å². The lowest BCUT2D eigenvalue weighted by molar-refractivity contribution is -0.136. The Bertz CT molecular complexity index is 1390. The molecule has 7 nitrogen and oxygen atoms in total. The van der Waals surface area contributed by atoms with Gasteiger partial charge in [0.2, 0.25) is 0 Å². The summed E-state index contributed by atoms with van der Waals surface area (Å²) in [6, 6.07) is 12.0. The molecule has 0 radical (unpaired) electrons. The van der Waals surface area contributed by atoms with E-state index >= 15 is 0 Å². The van der Waals surface area contributed by atoms with Crippen molar-refractivity contribution >= 4 is 41.0 Å². The molecule has 1 N–H and O–H groups in total. The van der Waals surface area contributed by atoms with Crippen LogP contribution in [0.15, 0.2) is 42.0 Å². The zero-order valence-corrected chi connectivity index (χ0v) is 22.6.